The summed E-state index contributed by atoms with van der Waals surface area (Å²) < 4.78 is 5.65. The van der Waals surface area contributed by atoms with Crippen LogP contribution in [0.25, 0.3) is 0 Å². The van der Waals surface area contributed by atoms with Gasteiger partial charge in [0.1, 0.15) is 17.3 Å². The van der Waals surface area contributed by atoms with E-state index in [0.717, 1.165) is 11.4 Å². The van der Waals surface area contributed by atoms with Crippen molar-refractivity contribution < 1.29 is 9.66 Å². The maximum atomic E-state index is 10.8. The smallest absolute Gasteiger partial charge is 0.273 e. The number of ether oxygens (including phenoxy) is 1. The molecule has 0 saturated carbocycles. The molecule has 6 heteroatoms. The third-order valence-electron chi connectivity index (χ3n) is 3.33. The molecule has 0 aliphatic carbocycles. The Bertz CT molecular complexity index is 820. The fourth-order valence-electron chi connectivity index (χ4n) is 2.13. The first-order valence-corrected chi connectivity index (χ1v) is 7.37. The van der Waals surface area contributed by atoms with Crippen molar-refractivity contribution in [2.75, 3.05) is 5.32 Å². The van der Waals surface area contributed by atoms with Gasteiger partial charge in [0, 0.05) is 18.8 Å². The zero-order valence-electron chi connectivity index (χ0n) is 12.8. The molecule has 3 rings (SSSR count). The van der Waals surface area contributed by atoms with Crippen LogP contribution in [0.2, 0.25) is 0 Å². The molecule has 0 saturated heterocycles. The monoisotopic (exact) mass is 321 g/mol. The minimum Gasteiger partial charge on any atom is -0.457 e. The molecule has 6 nitrogen and oxygen atoms in total. The summed E-state index contributed by atoms with van der Waals surface area (Å²) in [6.07, 6.45) is 1.73. The highest BCUT2D eigenvalue weighted by molar-refractivity contribution is 5.41. The van der Waals surface area contributed by atoms with Gasteiger partial charge in [-0.1, -0.05) is 24.3 Å². The minimum atomic E-state index is -0.445. The number of non-ortho nitro benzene ring substituents is 1. The molecule has 120 valence electrons. The minimum absolute atomic E-state index is 0.00341. The van der Waals surface area contributed by atoms with Gasteiger partial charge in [-0.05, 0) is 35.9 Å². The van der Waals surface area contributed by atoms with E-state index in [4.69, 9.17) is 4.74 Å². The Balaban J connectivity index is 1.62. The van der Waals surface area contributed by atoms with Crippen LogP contribution in [0.1, 0.15) is 5.56 Å². The van der Waals surface area contributed by atoms with Crippen molar-refractivity contribution in [3.63, 3.8) is 0 Å². The summed E-state index contributed by atoms with van der Waals surface area (Å²) in [5.41, 5.74) is 1.08. The number of pyridine rings is 1. The van der Waals surface area contributed by atoms with E-state index in [1.165, 1.54) is 12.1 Å². The lowest BCUT2D eigenvalue weighted by Gasteiger charge is -2.08. The van der Waals surface area contributed by atoms with Gasteiger partial charge in [-0.3, -0.25) is 10.1 Å². The molecular formula is C18H15N3O3. The quantitative estimate of drug-likeness (QED) is 0.538. The van der Waals surface area contributed by atoms with E-state index in [-0.39, 0.29) is 5.69 Å². The molecule has 1 heterocycles. The molecule has 0 aliphatic rings. The maximum absolute atomic E-state index is 10.8. The Morgan fingerprint density at radius 2 is 1.83 bits per heavy atom. The van der Waals surface area contributed by atoms with Gasteiger partial charge in [-0.2, -0.15) is 0 Å². The lowest BCUT2D eigenvalue weighted by molar-refractivity contribution is -0.384. The molecule has 0 radical (unpaired) electrons. The Kier molecular flexibility index (Phi) is 4.67. The van der Waals surface area contributed by atoms with E-state index in [9.17, 15) is 10.1 Å². The highest BCUT2D eigenvalue weighted by atomic mass is 16.6. The van der Waals surface area contributed by atoms with Crippen molar-refractivity contribution >= 4 is 11.5 Å². The molecule has 0 bridgehead atoms. The first kappa shape index (κ1) is 15.5. The normalized spacial score (nSPS) is 10.2. The third kappa shape index (κ3) is 4.07. The number of hydrogen-bond acceptors (Lipinski definition) is 5. The molecule has 0 spiro atoms. The van der Waals surface area contributed by atoms with Gasteiger partial charge in [-0.15, -0.1) is 0 Å². The second-order valence-electron chi connectivity index (χ2n) is 5.07. The van der Waals surface area contributed by atoms with E-state index < -0.39 is 4.92 Å². The summed E-state index contributed by atoms with van der Waals surface area (Å²) in [6.45, 7) is 0.647. The number of rotatable bonds is 6. The highest BCUT2D eigenvalue weighted by Crippen LogP contribution is 2.25. The molecule has 0 aliphatic heterocycles. The Morgan fingerprint density at radius 3 is 2.54 bits per heavy atom. The molecule has 1 aromatic heterocycles. The standard InChI is InChI=1S/C18H15N3O3/c22-21(23)15-4-3-5-17(12-15)24-16-9-7-14(8-10-16)13-20-18-6-1-2-11-19-18/h1-12H,13H2,(H,19,20). The first-order valence-electron chi connectivity index (χ1n) is 7.37. The molecule has 2 aromatic carbocycles. The predicted octanol–water partition coefficient (Wildman–Crippen LogP) is 4.39. The van der Waals surface area contributed by atoms with Gasteiger partial charge < -0.3 is 10.1 Å². The highest BCUT2D eigenvalue weighted by Gasteiger charge is 2.07. The molecular weight excluding hydrogens is 306 g/mol. The van der Waals surface area contributed by atoms with Gasteiger partial charge in [0.25, 0.3) is 5.69 Å². The van der Waals surface area contributed by atoms with Crippen LogP contribution in [-0.2, 0) is 6.54 Å². The second-order valence-corrected chi connectivity index (χ2v) is 5.07. The summed E-state index contributed by atoms with van der Waals surface area (Å²) in [5, 5.41) is 14.0. The van der Waals surface area contributed by atoms with Gasteiger partial charge in [0.2, 0.25) is 0 Å². The van der Waals surface area contributed by atoms with E-state index in [1.807, 2.05) is 42.5 Å². The van der Waals surface area contributed by atoms with Gasteiger partial charge >= 0.3 is 0 Å². The zero-order chi connectivity index (χ0) is 16.8. The van der Waals surface area contributed by atoms with E-state index in [0.29, 0.717) is 18.0 Å². The van der Waals surface area contributed by atoms with E-state index in [1.54, 1.807) is 18.3 Å². The summed E-state index contributed by atoms with van der Waals surface area (Å²) in [6, 6.07) is 19.3. The van der Waals surface area contributed by atoms with Crippen LogP contribution < -0.4 is 10.1 Å². The van der Waals surface area contributed by atoms with Crippen LogP contribution in [0, 0.1) is 10.1 Å². The Hall–Kier alpha value is -3.41. The molecule has 0 amide bonds. The average Bonchev–Trinajstić information content (AvgIpc) is 2.62. The molecule has 0 fully saturated rings. The summed E-state index contributed by atoms with van der Waals surface area (Å²) in [4.78, 5) is 14.5. The number of nitrogens with one attached hydrogen (secondary N) is 1. The van der Waals surface area contributed by atoms with Gasteiger partial charge in [0.05, 0.1) is 11.0 Å². The van der Waals surface area contributed by atoms with Crippen molar-refractivity contribution in [2.45, 2.75) is 6.54 Å². The second kappa shape index (κ2) is 7.23. The number of nitrogens with zero attached hydrogens (tertiary/aromatic N) is 2. The number of benzene rings is 2. The summed E-state index contributed by atoms with van der Waals surface area (Å²) in [7, 11) is 0. The molecule has 1 N–H and O–H groups in total. The SMILES string of the molecule is O=[N+]([O-])c1cccc(Oc2ccc(CNc3ccccn3)cc2)c1. The van der Waals surface area contributed by atoms with Crippen molar-refractivity contribution in [2.24, 2.45) is 0 Å². The van der Waals surface area contributed by atoms with Crippen molar-refractivity contribution in [3.05, 3.63) is 88.6 Å². The van der Waals surface area contributed by atoms with Crippen LogP contribution in [0.3, 0.4) is 0 Å². The lowest BCUT2D eigenvalue weighted by Crippen LogP contribution is -2.00. The number of anilines is 1. The van der Waals surface area contributed by atoms with Crippen LogP contribution >= 0.6 is 0 Å². The van der Waals surface area contributed by atoms with Crippen LogP contribution in [0.4, 0.5) is 11.5 Å². The number of nitro benzene ring substituents is 1. The maximum Gasteiger partial charge on any atom is 0.273 e. The lowest BCUT2D eigenvalue weighted by atomic mass is 10.2. The molecule has 3 aromatic rings. The predicted molar refractivity (Wildman–Crippen MR) is 91.2 cm³/mol. The molecule has 0 atom stereocenters. The van der Waals surface area contributed by atoms with E-state index >= 15 is 0 Å². The number of aromatic nitrogens is 1. The third-order valence-corrected chi connectivity index (χ3v) is 3.33. The number of nitro groups is 1. The van der Waals surface area contributed by atoms with Crippen LogP contribution in [0.5, 0.6) is 11.5 Å². The molecule has 0 unspecified atom stereocenters. The summed E-state index contributed by atoms with van der Waals surface area (Å²) >= 11 is 0. The largest absolute Gasteiger partial charge is 0.457 e. The Morgan fingerprint density at radius 1 is 1.00 bits per heavy atom. The van der Waals surface area contributed by atoms with Crippen LogP contribution in [-0.4, -0.2) is 9.91 Å². The summed E-state index contributed by atoms with van der Waals surface area (Å²) in [5.74, 6) is 1.87. The fraction of sp³-hybridized carbons (Fsp3) is 0.0556. The number of hydrogen-bond donors (Lipinski definition) is 1. The van der Waals surface area contributed by atoms with Crippen molar-refractivity contribution in [3.8, 4) is 11.5 Å². The van der Waals surface area contributed by atoms with Crippen LogP contribution in [0.15, 0.2) is 72.9 Å². The van der Waals surface area contributed by atoms with Gasteiger partial charge in [-0.25, -0.2) is 4.98 Å². The van der Waals surface area contributed by atoms with Crippen molar-refractivity contribution in [1.82, 2.24) is 4.98 Å². The van der Waals surface area contributed by atoms with E-state index in [2.05, 4.69) is 10.3 Å². The Labute approximate surface area is 138 Å². The van der Waals surface area contributed by atoms with Gasteiger partial charge in [0.15, 0.2) is 0 Å². The van der Waals surface area contributed by atoms with Crippen molar-refractivity contribution in [1.29, 1.82) is 0 Å². The molecule has 24 heavy (non-hydrogen) atoms. The average molecular weight is 321 g/mol. The topological polar surface area (TPSA) is 77.3 Å². The zero-order valence-corrected chi connectivity index (χ0v) is 12.8. The first-order chi connectivity index (χ1) is 11.7. The fourth-order valence-corrected chi connectivity index (χ4v) is 2.13.